The number of ether oxygens (including phenoxy) is 4. The van der Waals surface area contributed by atoms with Gasteiger partial charge in [0.05, 0.1) is 18.5 Å². The molecule has 1 aliphatic rings. The van der Waals surface area contributed by atoms with Gasteiger partial charge in [0.2, 0.25) is 0 Å². The Morgan fingerprint density at radius 1 is 0.810 bits per heavy atom. The van der Waals surface area contributed by atoms with Gasteiger partial charge in [-0.1, -0.05) is 39.0 Å². The maximum Gasteiger partial charge on any atom is 0.462 e. The summed E-state index contributed by atoms with van der Waals surface area (Å²) in [5, 5.41) is 0.397. The van der Waals surface area contributed by atoms with E-state index in [0.717, 1.165) is 5.56 Å². The van der Waals surface area contributed by atoms with Crippen molar-refractivity contribution in [3.8, 4) is 23.0 Å². The highest BCUT2D eigenvalue weighted by molar-refractivity contribution is 7.63. The van der Waals surface area contributed by atoms with Gasteiger partial charge in [0.1, 0.15) is 23.0 Å². The number of aryl methyl sites for hydroxylation is 1. The summed E-state index contributed by atoms with van der Waals surface area (Å²) in [6.07, 6.45) is 0.302. The van der Waals surface area contributed by atoms with Crippen LogP contribution in [0.1, 0.15) is 56.9 Å². The summed E-state index contributed by atoms with van der Waals surface area (Å²) in [5.74, 6) is 0.726. The third kappa shape index (κ3) is 7.26. The normalized spacial score (nSPS) is 16.0. The maximum atomic E-state index is 14.7. The molecule has 0 spiro atoms. The zero-order valence-corrected chi connectivity index (χ0v) is 25.7. The minimum absolute atomic E-state index is 0.249. The zero-order valence-electron chi connectivity index (χ0n) is 24.9. The molecule has 0 N–H and O–H groups in total. The van der Waals surface area contributed by atoms with Gasteiger partial charge in [-0.25, -0.2) is 14.2 Å². The molecule has 9 nitrogen and oxygen atoms in total. The van der Waals surface area contributed by atoms with Gasteiger partial charge in [-0.05, 0) is 68.1 Å². The minimum Gasteiger partial charge on any atom is -0.482 e. The van der Waals surface area contributed by atoms with E-state index in [4.69, 9.17) is 28.0 Å². The molecule has 0 saturated carbocycles. The summed E-state index contributed by atoms with van der Waals surface area (Å²) in [6, 6.07) is 15.8. The van der Waals surface area contributed by atoms with Gasteiger partial charge in [0, 0.05) is 23.1 Å². The van der Waals surface area contributed by atoms with Crippen molar-refractivity contribution >= 4 is 24.8 Å². The average Bonchev–Trinajstić information content (AvgIpc) is 2.93. The number of hydrogen-bond donors (Lipinski definition) is 0. The second kappa shape index (κ2) is 12.9. The van der Waals surface area contributed by atoms with E-state index in [0.29, 0.717) is 51.4 Å². The number of carbonyl (C=O) groups is 2. The Morgan fingerprint density at radius 2 is 1.33 bits per heavy atom. The average molecular weight is 597 g/mol. The Labute approximate surface area is 246 Å². The van der Waals surface area contributed by atoms with E-state index in [1.165, 1.54) is 0 Å². The van der Waals surface area contributed by atoms with E-state index in [1.807, 2.05) is 33.8 Å². The van der Waals surface area contributed by atoms with Gasteiger partial charge >= 0.3 is 19.5 Å². The topological polar surface area (TPSA) is 107 Å². The summed E-state index contributed by atoms with van der Waals surface area (Å²) in [5.41, 5.74) is 2.28. The van der Waals surface area contributed by atoms with Gasteiger partial charge in [0.15, 0.2) is 13.2 Å². The van der Waals surface area contributed by atoms with Gasteiger partial charge < -0.3 is 28.0 Å². The third-order valence-corrected chi connectivity index (χ3v) is 8.25. The van der Waals surface area contributed by atoms with Crippen molar-refractivity contribution < 1.29 is 42.1 Å². The largest absolute Gasteiger partial charge is 0.482 e. The predicted octanol–water partition coefficient (Wildman–Crippen LogP) is 6.06. The number of fused-ring (bicyclic) bond motifs is 2. The van der Waals surface area contributed by atoms with Crippen molar-refractivity contribution in [3.05, 3.63) is 76.9 Å². The molecule has 4 rings (SSSR count). The Balaban J connectivity index is 1.88. The lowest BCUT2D eigenvalue weighted by Crippen LogP contribution is -2.22. The standard InChI is InChI=1S/C32H37O9P/c1-7-36-28(33)19-38-24-14-21(3)30-22(16-24)15-23-17-25(39-20-29(34)37-8-2)18-27(32(4,5)6)31(23)41-42(35,40-30)26-12-10-9-11-13-26/h9-14,16-18H,7-8,15,19-20H2,1-6H3. The van der Waals surface area contributed by atoms with Gasteiger partial charge in [-0.15, -0.1) is 0 Å². The van der Waals surface area contributed by atoms with Crippen LogP contribution >= 0.6 is 7.60 Å². The van der Waals surface area contributed by atoms with Crippen LogP contribution in [0, 0.1) is 6.92 Å². The molecule has 224 valence electrons. The molecule has 3 aromatic carbocycles. The lowest BCUT2D eigenvalue weighted by atomic mass is 9.84. The fourth-order valence-corrected chi connectivity index (χ4v) is 6.31. The lowest BCUT2D eigenvalue weighted by Gasteiger charge is -2.31. The Bertz CT molecular complexity index is 1490. The first-order chi connectivity index (χ1) is 19.9. The second-order valence-electron chi connectivity index (χ2n) is 10.8. The fraction of sp³-hybridized carbons (Fsp3) is 0.375. The highest BCUT2D eigenvalue weighted by Gasteiger charge is 2.38. The molecule has 42 heavy (non-hydrogen) atoms. The van der Waals surface area contributed by atoms with Crippen LogP contribution in [-0.2, 0) is 35.5 Å². The van der Waals surface area contributed by atoms with Crippen molar-refractivity contribution in [3.63, 3.8) is 0 Å². The summed E-state index contributed by atoms with van der Waals surface area (Å²) in [4.78, 5) is 24.0. The van der Waals surface area contributed by atoms with Crippen molar-refractivity contribution in [2.24, 2.45) is 0 Å². The molecule has 0 aliphatic carbocycles. The lowest BCUT2D eigenvalue weighted by molar-refractivity contribution is -0.146. The Kier molecular flexibility index (Phi) is 9.52. The molecule has 0 saturated heterocycles. The molecule has 1 heterocycles. The van der Waals surface area contributed by atoms with E-state index in [9.17, 15) is 14.2 Å². The summed E-state index contributed by atoms with van der Waals surface area (Å²) >= 11 is 0. The minimum atomic E-state index is -3.97. The highest BCUT2D eigenvalue weighted by atomic mass is 31.2. The van der Waals surface area contributed by atoms with E-state index in [-0.39, 0.29) is 26.4 Å². The number of hydrogen-bond acceptors (Lipinski definition) is 9. The molecule has 0 amide bonds. The monoisotopic (exact) mass is 596 g/mol. The third-order valence-electron chi connectivity index (χ3n) is 6.47. The van der Waals surface area contributed by atoms with Crippen molar-refractivity contribution in [2.45, 2.75) is 53.4 Å². The van der Waals surface area contributed by atoms with Crippen molar-refractivity contribution in [1.82, 2.24) is 0 Å². The molecule has 0 radical (unpaired) electrons. The first-order valence-corrected chi connectivity index (χ1v) is 15.4. The predicted molar refractivity (Wildman–Crippen MR) is 158 cm³/mol. The highest BCUT2D eigenvalue weighted by Crippen LogP contribution is 2.55. The van der Waals surface area contributed by atoms with Crippen LogP contribution in [0.2, 0.25) is 0 Å². The number of benzene rings is 3. The SMILES string of the molecule is CCOC(=O)COc1cc(C)c2c(c1)Cc1cc(OCC(=O)OCC)cc(C(C)(C)C)c1OP(=O)(c1ccccc1)O2. The summed E-state index contributed by atoms with van der Waals surface area (Å²) < 4.78 is 49.0. The molecule has 1 unspecified atom stereocenters. The first-order valence-electron chi connectivity index (χ1n) is 13.9. The van der Waals surface area contributed by atoms with E-state index < -0.39 is 24.9 Å². The molecule has 1 atom stereocenters. The first kappa shape index (κ1) is 31.0. The van der Waals surface area contributed by atoms with Gasteiger partial charge in [0.25, 0.3) is 0 Å². The molecule has 0 fully saturated rings. The number of carbonyl (C=O) groups excluding carboxylic acids is 2. The molecule has 10 heteroatoms. The quantitative estimate of drug-likeness (QED) is 0.215. The Hall–Kier alpha value is -3.97. The van der Waals surface area contributed by atoms with Crippen LogP contribution in [0.5, 0.6) is 23.0 Å². The summed E-state index contributed by atoms with van der Waals surface area (Å²) in [7, 11) is -3.97. The Morgan fingerprint density at radius 3 is 1.88 bits per heavy atom. The smallest absolute Gasteiger partial charge is 0.462 e. The molecule has 1 aliphatic heterocycles. The number of esters is 2. The molecule has 3 aromatic rings. The van der Waals surface area contributed by atoms with Crippen LogP contribution in [0.3, 0.4) is 0 Å². The van der Waals surface area contributed by atoms with Crippen LogP contribution < -0.4 is 23.8 Å². The number of rotatable bonds is 9. The van der Waals surface area contributed by atoms with Gasteiger partial charge in [-0.2, -0.15) is 0 Å². The summed E-state index contributed by atoms with van der Waals surface area (Å²) in [6.45, 7) is 11.3. The molecular formula is C32H37O9P. The molecular weight excluding hydrogens is 559 g/mol. The fourth-order valence-electron chi connectivity index (χ4n) is 4.57. The molecule has 0 bridgehead atoms. The van der Waals surface area contributed by atoms with E-state index >= 15 is 0 Å². The van der Waals surface area contributed by atoms with Crippen molar-refractivity contribution in [2.75, 3.05) is 26.4 Å². The zero-order chi connectivity index (χ0) is 30.5. The van der Waals surface area contributed by atoms with E-state index in [1.54, 1.807) is 62.4 Å². The van der Waals surface area contributed by atoms with E-state index in [2.05, 4.69) is 0 Å². The van der Waals surface area contributed by atoms with Crippen LogP contribution in [0.15, 0.2) is 54.6 Å². The van der Waals surface area contributed by atoms with Crippen molar-refractivity contribution in [1.29, 1.82) is 0 Å². The van der Waals surface area contributed by atoms with Gasteiger partial charge in [-0.3, -0.25) is 0 Å². The maximum absolute atomic E-state index is 14.7. The van der Waals surface area contributed by atoms with Crippen LogP contribution in [-0.4, -0.2) is 38.4 Å². The van der Waals surface area contributed by atoms with Crippen LogP contribution in [0.25, 0.3) is 0 Å². The molecule has 0 aromatic heterocycles. The van der Waals surface area contributed by atoms with Crippen LogP contribution in [0.4, 0.5) is 0 Å². The second-order valence-corrected chi connectivity index (χ2v) is 12.7.